The number of aromatic amines is 2. The van der Waals surface area contributed by atoms with Crippen LogP contribution in [0.1, 0.15) is 12.5 Å². The molecule has 7 rings (SSSR count). The van der Waals surface area contributed by atoms with E-state index in [9.17, 15) is 38.7 Å². The number of nitrogens with two attached hydrogens (primary N) is 1. The number of rotatable bonds is 2. The monoisotopic (exact) mass is 675 g/mol. The molecule has 23 nitrogen and oxygen atoms in total. The quantitative estimate of drug-likeness (QED) is 0.107. The molecule has 4 aromatic heterocycles. The maximum absolute atomic E-state index is 13.1. The van der Waals surface area contributed by atoms with E-state index in [4.69, 9.17) is 33.3 Å². The van der Waals surface area contributed by atoms with E-state index in [1.54, 1.807) is 0 Å². The molecule has 45 heavy (non-hydrogen) atoms. The van der Waals surface area contributed by atoms with Crippen molar-refractivity contribution >= 4 is 43.9 Å². The first kappa shape index (κ1) is 30.2. The summed E-state index contributed by atoms with van der Waals surface area (Å²) < 4.78 is 60.6. The van der Waals surface area contributed by atoms with E-state index in [0.717, 1.165) is 28.1 Å². The highest BCUT2D eigenvalue weighted by Crippen LogP contribution is 2.53. The average molecular weight is 675 g/mol. The van der Waals surface area contributed by atoms with Gasteiger partial charge in [-0.1, -0.05) is 0 Å². The molecule has 3 fully saturated rings. The maximum Gasteiger partial charge on any atom is 0.472 e. The van der Waals surface area contributed by atoms with E-state index in [0.29, 0.717) is 0 Å². The first-order valence-electron chi connectivity index (χ1n) is 12.9. The van der Waals surface area contributed by atoms with Crippen LogP contribution in [0.5, 0.6) is 0 Å². The number of aromatic nitrogens is 8. The summed E-state index contributed by atoms with van der Waals surface area (Å²) >= 11 is 0. The Bertz CT molecular complexity index is 2000. The molecule has 7 heterocycles. The minimum atomic E-state index is -5.08. The van der Waals surface area contributed by atoms with E-state index in [2.05, 4.69) is 29.9 Å². The highest BCUT2D eigenvalue weighted by molar-refractivity contribution is 7.47. The Kier molecular flexibility index (Phi) is 7.27. The van der Waals surface area contributed by atoms with Gasteiger partial charge >= 0.3 is 15.6 Å². The van der Waals surface area contributed by atoms with Crippen LogP contribution in [0.15, 0.2) is 28.6 Å². The summed E-state index contributed by atoms with van der Waals surface area (Å²) in [6.45, 7) is -1.70. The smallest absolute Gasteiger partial charge is 0.386 e. The van der Waals surface area contributed by atoms with Crippen LogP contribution in [0.25, 0.3) is 22.3 Å². The summed E-state index contributed by atoms with van der Waals surface area (Å²) in [5, 5.41) is 22.2. The number of nitrogens with one attached hydrogen (secondary N) is 2. The molecule has 242 valence electrons. The van der Waals surface area contributed by atoms with Crippen molar-refractivity contribution in [3.05, 3.63) is 39.7 Å². The van der Waals surface area contributed by atoms with Crippen molar-refractivity contribution in [3.63, 3.8) is 0 Å². The van der Waals surface area contributed by atoms with Crippen molar-refractivity contribution in [2.24, 2.45) is 0 Å². The topological polar surface area (TPSA) is 324 Å². The molecule has 4 aromatic rings. The van der Waals surface area contributed by atoms with Crippen LogP contribution in [0.4, 0.5) is 5.95 Å². The number of nitrogen functional groups attached to an aromatic ring is 1. The van der Waals surface area contributed by atoms with Crippen molar-refractivity contribution in [1.29, 1.82) is 0 Å². The van der Waals surface area contributed by atoms with Crippen LogP contribution < -0.4 is 16.9 Å². The highest BCUT2D eigenvalue weighted by Gasteiger charge is 2.54. The van der Waals surface area contributed by atoms with Gasteiger partial charge in [0.15, 0.2) is 34.8 Å². The number of hydrogen-bond donors (Lipinski definition) is 7. The largest absolute Gasteiger partial charge is 0.472 e. The number of hydrogen-bond acceptors (Lipinski definition) is 17. The average Bonchev–Trinajstić information content (AvgIpc) is 3.72. The standard InChI is InChI=1S/C20H23N9O14P2/c21-20-26-15-9(17(33)27-20)25-5-29(15)19-11(31)13-7(41-19)2-39-44(34,35)42-12-6(1-38-45(36,37)43-13)40-18(10(12)30)28-4-24-8-14(28)22-3-23-16(8)32/h3-7,10-13,18-19,30-31H,1-2H2,(H,34,35)(H,36,37)(H,22,23,32)(H3,21,26,27,33)/t6-,7-,10?,11+,12+,13?,18-,19-/m1/s1. The van der Waals surface area contributed by atoms with Gasteiger partial charge in [0, 0.05) is 0 Å². The summed E-state index contributed by atoms with van der Waals surface area (Å²) in [6, 6.07) is 0. The molecule has 25 heteroatoms. The minimum absolute atomic E-state index is 0.0118. The zero-order valence-corrected chi connectivity index (χ0v) is 24.1. The molecule has 3 aliphatic rings. The summed E-state index contributed by atoms with van der Waals surface area (Å²) in [7, 11) is -10.1. The minimum Gasteiger partial charge on any atom is -0.386 e. The lowest BCUT2D eigenvalue weighted by atomic mass is 10.1. The lowest BCUT2D eigenvalue weighted by Crippen LogP contribution is -2.39. The second-order valence-electron chi connectivity index (χ2n) is 10.1. The molecule has 10 atom stereocenters. The Balaban J connectivity index is 1.17. The molecule has 0 bridgehead atoms. The third-order valence-electron chi connectivity index (χ3n) is 7.30. The third kappa shape index (κ3) is 5.31. The normalized spacial score (nSPS) is 37.7. The van der Waals surface area contributed by atoms with Crippen LogP contribution in [0.3, 0.4) is 0 Å². The molecular formula is C20H23N9O14P2. The Hall–Kier alpha value is -3.44. The third-order valence-corrected chi connectivity index (χ3v) is 9.27. The van der Waals surface area contributed by atoms with E-state index in [1.807, 2.05) is 0 Å². The zero-order valence-electron chi connectivity index (χ0n) is 22.3. The SMILES string of the molecule is Nc1nc2c(ncn2[C@@H]2O[C@@H]3COP(=O)(O)O[C@@H]4C(O)[C@H](n5cnc6c(=O)[nH]cnc65)O[C@@H]4COP(=O)(O)OC3[C@@H]2O)c(=O)[nH]1. The molecule has 3 aliphatic heterocycles. The van der Waals surface area contributed by atoms with Gasteiger partial charge in [-0.15, -0.1) is 0 Å². The molecular weight excluding hydrogens is 652 g/mol. The van der Waals surface area contributed by atoms with Crippen LogP contribution in [0.2, 0.25) is 0 Å². The van der Waals surface area contributed by atoms with E-state index < -0.39 is 89.1 Å². The van der Waals surface area contributed by atoms with Crippen LogP contribution >= 0.6 is 15.6 Å². The van der Waals surface area contributed by atoms with E-state index in [1.165, 1.54) is 0 Å². The number of nitrogens with zero attached hydrogens (tertiary/aromatic N) is 6. The predicted molar refractivity (Wildman–Crippen MR) is 142 cm³/mol. The Morgan fingerprint density at radius 1 is 0.822 bits per heavy atom. The van der Waals surface area contributed by atoms with Crippen molar-refractivity contribution in [2.45, 2.75) is 49.1 Å². The molecule has 3 saturated heterocycles. The summed E-state index contributed by atoms with van der Waals surface area (Å²) in [6.07, 6.45) is -9.53. The highest BCUT2D eigenvalue weighted by atomic mass is 31.2. The fourth-order valence-electron chi connectivity index (χ4n) is 5.31. The van der Waals surface area contributed by atoms with Crippen LogP contribution in [0, 0.1) is 0 Å². The number of anilines is 1. The summed E-state index contributed by atoms with van der Waals surface area (Å²) in [5.74, 6) is -0.275. The summed E-state index contributed by atoms with van der Waals surface area (Å²) in [5.41, 5.74) is 3.96. The second-order valence-corrected chi connectivity index (χ2v) is 12.9. The molecule has 0 saturated carbocycles. The van der Waals surface area contributed by atoms with Crippen molar-refractivity contribution in [2.75, 3.05) is 18.9 Å². The van der Waals surface area contributed by atoms with Gasteiger partial charge < -0.3 is 40.2 Å². The maximum atomic E-state index is 13.1. The van der Waals surface area contributed by atoms with Gasteiger partial charge in [-0.25, -0.2) is 24.1 Å². The zero-order chi connectivity index (χ0) is 31.8. The molecule has 0 amide bonds. The van der Waals surface area contributed by atoms with Gasteiger partial charge in [0.1, 0.15) is 36.6 Å². The van der Waals surface area contributed by atoms with Crippen LogP contribution in [-0.2, 0) is 36.7 Å². The second kappa shape index (κ2) is 10.8. The van der Waals surface area contributed by atoms with Crippen molar-refractivity contribution < 1.29 is 56.7 Å². The molecule has 0 aliphatic carbocycles. The lowest BCUT2D eigenvalue weighted by Gasteiger charge is -2.27. The van der Waals surface area contributed by atoms with Crippen molar-refractivity contribution in [1.82, 2.24) is 39.0 Å². The van der Waals surface area contributed by atoms with Gasteiger partial charge in [-0.05, 0) is 0 Å². The fourth-order valence-corrected chi connectivity index (χ4v) is 7.24. The molecule has 0 radical (unpaired) electrons. The Morgan fingerprint density at radius 3 is 1.89 bits per heavy atom. The number of imidazole rings is 2. The van der Waals surface area contributed by atoms with Crippen LogP contribution in [-0.4, -0.2) is 109 Å². The van der Waals surface area contributed by atoms with E-state index in [-0.39, 0.29) is 28.3 Å². The molecule has 4 unspecified atom stereocenters. The molecule has 0 aromatic carbocycles. The number of H-pyrrole nitrogens is 2. The predicted octanol–water partition coefficient (Wildman–Crippen LogP) is -2.63. The number of aliphatic hydroxyl groups excluding tert-OH is 2. The van der Waals surface area contributed by atoms with Gasteiger partial charge in [0.2, 0.25) is 5.95 Å². The Labute approximate surface area is 247 Å². The summed E-state index contributed by atoms with van der Waals surface area (Å²) in [4.78, 5) is 65.9. The van der Waals surface area contributed by atoms with Gasteiger partial charge in [-0.2, -0.15) is 4.98 Å². The number of phosphoric acid groups is 2. The number of fused-ring (bicyclic) bond motifs is 4. The number of ether oxygens (including phenoxy) is 2. The first-order valence-corrected chi connectivity index (χ1v) is 15.9. The van der Waals surface area contributed by atoms with Gasteiger partial charge in [-0.3, -0.25) is 41.8 Å². The first-order chi connectivity index (χ1) is 21.3. The molecule has 0 spiro atoms. The Morgan fingerprint density at radius 2 is 1.33 bits per heavy atom. The fraction of sp³-hybridized carbons (Fsp3) is 0.500. The van der Waals surface area contributed by atoms with Crippen molar-refractivity contribution in [3.8, 4) is 0 Å². The lowest BCUT2D eigenvalue weighted by molar-refractivity contribution is -0.0664. The molecule has 8 N–H and O–H groups in total. The van der Waals surface area contributed by atoms with Gasteiger partial charge in [0.25, 0.3) is 11.1 Å². The number of aliphatic hydroxyl groups is 2. The van der Waals surface area contributed by atoms with Gasteiger partial charge in [0.05, 0.1) is 32.2 Å². The van der Waals surface area contributed by atoms with E-state index >= 15 is 0 Å². The number of phosphoric ester groups is 2.